The summed E-state index contributed by atoms with van der Waals surface area (Å²) >= 11 is 0. The number of aromatic nitrogens is 5. The highest BCUT2D eigenvalue weighted by atomic mass is 19.1. The lowest BCUT2D eigenvalue weighted by atomic mass is 10.1. The molecule has 0 saturated carbocycles. The number of nitrogens with zero attached hydrogens (tertiary/aromatic N) is 4. The van der Waals surface area contributed by atoms with Crippen LogP contribution in [0.1, 0.15) is 36.9 Å². The third kappa shape index (κ3) is 3.43. The van der Waals surface area contributed by atoms with E-state index < -0.39 is 42.3 Å². The number of esters is 1. The summed E-state index contributed by atoms with van der Waals surface area (Å²) in [6.45, 7) is 1.97. The van der Waals surface area contributed by atoms with E-state index in [1.54, 1.807) is 6.92 Å². The number of hydrogen-bond acceptors (Lipinski definition) is 7. The average Bonchev–Trinajstić information content (AvgIpc) is 3.22. The van der Waals surface area contributed by atoms with Crippen LogP contribution in [-0.4, -0.2) is 43.2 Å². The van der Waals surface area contributed by atoms with E-state index in [1.807, 2.05) is 0 Å². The van der Waals surface area contributed by atoms with Crippen molar-refractivity contribution in [2.45, 2.75) is 45.3 Å². The van der Waals surface area contributed by atoms with E-state index in [2.05, 4.69) is 15.3 Å². The van der Waals surface area contributed by atoms with Crippen molar-refractivity contribution in [2.75, 3.05) is 6.61 Å². The molecular formula is C15H18FN5O5. The lowest BCUT2D eigenvalue weighted by molar-refractivity contribution is -0.146. The van der Waals surface area contributed by atoms with E-state index in [0.717, 1.165) is 0 Å². The molecule has 0 bridgehead atoms. The van der Waals surface area contributed by atoms with Crippen molar-refractivity contribution in [3.63, 3.8) is 0 Å². The third-order valence-electron chi connectivity index (χ3n) is 4.21. The molecule has 11 heteroatoms. The minimum atomic E-state index is -0.772. The standard InChI is InChI=1S/C15H18FN5O5/c1-8-6-20(15(24)18-14(8)23)13-3-11(12(26-13)7-25-9(2)22)21-10(4-16)5-17-19-21/h5-6,11-13H,3-4,7H2,1-2H3,(H,18,23,24)/t11-,12+,13+/m0/s1. The van der Waals surface area contributed by atoms with Crippen LogP contribution in [0, 0.1) is 6.92 Å². The molecule has 1 aliphatic rings. The molecule has 1 aliphatic heterocycles. The zero-order valence-electron chi connectivity index (χ0n) is 14.2. The summed E-state index contributed by atoms with van der Waals surface area (Å²) in [6.07, 6.45) is 1.56. The van der Waals surface area contributed by atoms with Crippen LogP contribution >= 0.6 is 0 Å². The Bertz CT molecular complexity index is 920. The molecule has 10 nitrogen and oxygen atoms in total. The van der Waals surface area contributed by atoms with E-state index >= 15 is 0 Å². The molecule has 0 unspecified atom stereocenters. The summed E-state index contributed by atoms with van der Waals surface area (Å²) in [5.41, 5.74) is -0.509. The van der Waals surface area contributed by atoms with Gasteiger partial charge in [0.15, 0.2) is 0 Å². The normalized spacial score (nSPS) is 22.5. The maximum atomic E-state index is 13.2. The monoisotopic (exact) mass is 367 g/mol. The topological polar surface area (TPSA) is 121 Å². The van der Waals surface area contributed by atoms with Gasteiger partial charge in [0, 0.05) is 25.1 Å². The highest BCUT2D eigenvalue weighted by Crippen LogP contribution is 2.36. The Balaban J connectivity index is 1.93. The number of carbonyl (C=O) groups is 1. The molecule has 2 aromatic heterocycles. The number of nitrogens with one attached hydrogen (secondary N) is 1. The average molecular weight is 367 g/mol. The van der Waals surface area contributed by atoms with Crippen LogP contribution < -0.4 is 11.2 Å². The number of halogens is 1. The minimum Gasteiger partial charge on any atom is -0.463 e. The summed E-state index contributed by atoms with van der Waals surface area (Å²) in [5, 5.41) is 7.59. The van der Waals surface area contributed by atoms with Gasteiger partial charge < -0.3 is 9.47 Å². The van der Waals surface area contributed by atoms with Gasteiger partial charge in [0.2, 0.25) is 0 Å². The van der Waals surface area contributed by atoms with Gasteiger partial charge in [-0.2, -0.15) is 0 Å². The molecule has 0 amide bonds. The van der Waals surface area contributed by atoms with Crippen LogP contribution in [0.15, 0.2) is 22.0 Å². The summed E-state index contributed by atoms with van der Waals surface area (Å²) in [6, 6.07) is -0.494. The van der Waals surface area contributed by atoms with Crippen molar-refractivity contribution >= 4 is 5.97 Å². The zero-order valence-corrected chi connectivity index (χ0v) is 14.2. The van der Waals surface area contributed by atoms with Gasteiger partial charge in [-0.1, -0.05) is 5.21 Å². The van der Waals surface area contributed by atoms with Crippen molar-refractivity contribution in [2.24, 2.45) is 0 Å². The van der Waals surface area contributed by atoms with Crippen molar-refractivity contribution in [3.05, 3.63) is 44.5 Å². The van der Waals surface area contributed by atoms with Gasteiger partial charge >= 0.3 is 11.7 Å². The summed E-state index contributed by atoms with van der Waals surface area (Å²) in [5.74, 6) is -0.489. The number of ether oxygens (including phenoxy) is 2. The van der Waals surface area contributed by atoms with Crippen molar-refractivity contribution in [3.8, 4) is 0 Å². The molecular weight excluding hydrogens is 349 g/mol. The highest BCUT2D eigenvalue weighted by molar-refractivity contribution is 5.65. The Morgan fingerprint density at radius 3 is 2.96 bits per heavy atom. The van der Waals surface area contributed by atoms with E-state index in [4.69, 9.17) is 9.47 Å². The van der Waals surface area contributed by atoms with E-state index in [1.165, 1.54) is 28.6 Å². The molecule has 0 aliphatic carbocycles. The minimum absolute atomic E-state index is 0.0842. The third-order valence-corrected chi connectivity index (χ3v) is 4.21. The molecule has 0 spiro atoms. The highest BCUT2D eigenvalue weighted by Gasteiger charge is 2.40. The van der Waals surface area contributed by atoms with Crippen LogP contribution in [0.4, 0.5) is 4.39 Å². The molecule has 3 rings (SSSR count). The largest absolute Gasteiger partial charge is 0.463 e. The Hall–Kier alpha value is -2.82. The number of hydrogen-bond donors (Lipinski definition) is 1. The van der Waals surface area contributed by atoms with Crippen LogP contribution in [0.5, 0.6) is 0 Å². The maximum absolute atomic E-state index is 13.2. The number of alkyl halides is 1. The fourth-order valence-electron chi connectivity index (χ4n) is 2.93. The molecule has 140 valence electrons. The van der Waals surface area contributed by atoms with Crippen LogP contribution in [-0.2, 0) is 20.9 Å². The molecule has 1 N–H and O–H groups in total. The number of aromatic amines is 1. The number of aryl methyl sites for hydroxylation is 1. The van der Waals surface area contributed by atoms with Gasteiger partial charge in [-0.3, -0.25) is 19.1 Å². The Labute approximate surface area is 146 Å². The van der Waals surface area contributed by atoms with Gasteiger partial charge in [0.05, 0.1) is 17.9 Å². The van der Waals surface area contributed by atoms with Crippen LogP contribution in [0.25, 0.3) is 0 Å². The van der Waals surface area contributed by atoms with Gasteiger partial charge in [0.25, 0.3) is 5.56 Å². The second-order valence-corrected chi connectivity index (χ2v) is 6.02. The quantitative estimate of drug-likeness (QED) is 0.738. The second-order valence-electron chi connectivity index (χ2n) is 6.02. The fraction of sp³-hybridized carbons (Fsp3) is 0.533. The summed E-state index contributed by atoms with van der Waals surface area (Å²) < 4.78 is 26.7. The van der Waals surface area contributed by atoms with Crippen LogP contribution in [0.3, 0.4) is 0 Å². The molecule has 3 heterocycles. The predicted molar refractivity (Wildman–Crippen MR) is 85.1 cm³/mol. The molecule has 1 saturated heterocycles. The zero-order chi connectivity index (χ0) is 18.8. The Morgan fingerprint density at radius 2 is 2.27 bits per heavy atom. The van der Waals surface area contributed by atoms with E-state index in [0.29, 0.717) is 5.56 Å². The van der Waals surface area contributed by atoms with Gasteiger partial charge in [-0.05, 0) is 6.92 Å². The number of rotatable bonds is 5. The van der Waals surface area contributed by atoms with Gasteiger partial charge in [0.1, 0.15) is 25.6 Å². The van der Waals surface area contributed by atoms with Crippen molar-refractivity contribution in [1.82, 2.24) is 24.5 Å². The van der Waals surface area contributed by atoms with Crippen molar-refractivity contribution in [1.29, 1.82) is 0 Å². The lowest BCUT2D eigenvalue weighted by Crippen LogP contribution is -2.33. The molecule has 1 fully saturated rings. The maximum Gasteiger partial charge on any atom is 0.330 e. The molecule has 26 heavy (non-hydrogen) atoms. The van der Waals surface area contributed by atoms with Gasteiger partial charge in [-0.15, -0.1) is 5.10 Å². The Morgan fingerprint density at radius 1 is 1.50 bits per heavy atom. The van der Waals surface area contributed by atoms with E-state index in [9.17, 15) is 18.8 Å². The smallest absolute Gasteiger partial charge is 0.330 e. The molecule has 0 aromatic carbocycles. The first-order valence-corrected chi connectivity index (χ1v) is 7.96. The Kier molecular flexibility index (Phi) is 4.98. The number of H-pyrrole nitrogens is 1. The molecule has 0 radical (unpaired) electrons. The first-order valence-electron chi connectivity index (χ1n) is 7.96. The number of carbonyl (C=O) groups excluding carboxylic acids is 1. The fourth-order valence-corrected chi connectivity index (χ4v) is 2.93. The lowest BCUT2D eigenvalue weighted by Gasteiger charge is -2.19. The molecule has 2 aromatic rings. The predicted octanol–water partition coefficient (Wildman–Crippen LogP) is -0.00208. The first kappa shape index (κ1) is 18.0. The molecule has 3 atom stereocenters. The first-order chi connectivity index (χ1) is 12.4. The van der Waals surface area contributed by atoms with Gasteiger partial charge in [-0.25, -0.2) is 13.9 Å². The second kappa shape index (κ2) is 7.20. The van der Waals surface area contributed by atoms with Crippen LogP contribution in [0.2, 0.25) is 0 Å². The SMILES string of the molecule is CC(=O)OC[C@H]1O[C@@H](n2cc(C)c(=O)[nH]c2=O)C[C@@H]1n1nncc1CF. The van der Waals surface area contributed by atoms with E-state index in [-0.39, 0.29) is 18.7 Å². The summed E-state index contributed by atoms with van der Waals surface area (Å²) in [4.78, 5) is 37.0. The summed E-state index contributed by atoms with van der Waals surface area (Å²) in [7, 11) is 0. The van der Waals surface area contributed by atoms with Crippen molar-refractivity contribution < 1.29 is 18.7 Å².